The molecule has 2 heterocycles. The van der Waals surface area contributed by atoms with Gasteiger partial charge < -0.3 is 65.1 Å². The highest BCUT2D eigenvalue weighted by Gasteiger charge is 2.51. The molecule has 0 saturated carbocycles. The van der Waals surface area contributed by atoms with Gasteiger partial charge in [-0.2, -0.15) is 0 Å². The van der Waals surface area contributed by atoms with Crippen molar-refractivity contribution in [2.24, 2.45) is 0 Å². The first-order valence-corrected chi connectivity index (χ1v) is 34.7. The number of amides is 1. The molecule has 2 aliphatic rings. The van der Waals surface area contributed by atoms with E-state index in [1.807, 2.05) is 6.08 Å². The number of carbonyl (C=O) groups excluding carboxylic acids is 1. The fourth-order valence-corrected chi connectivity index (χ4v) is 11.0. The SMILES string of the molecule is CCCCCCC/C=C\C/C=C\C/C=C\CCCCCCCCCCCCC(=O)NC(COC1OC(CO)C(OC2OC(CO)C(O)C(O)C2O)C(O)C1O)C(O)/C=C/CC/C=C/CC/C=C/CCCCCCCCCCCCCCCCCC. The second kappa shape index (κ2) is 55.5. The van der Waals surface area contributed by atoms with Gasteiger partial charge in [0.2, 0.25) is 5.91 Å². The van der Waals surface area contributed by atoms with Gasteiger partial charge in [-0.15, -0.1) is 0 Å². The maximum absolute atomic E-state index is 13.3. The second-order valence-corrected chi connectivity index (χ2v) is 24.3. The van der Waals surface area contributed by atoms with Crippen LogP contribution >= 0.6 is 0 Å². The molecule has 0 aromatic rings. The molecule has 2 saturated heterocycles. The van der Waals surface area contributed by atoms with Gasteiger partial charge in [0.1, 0.15) is 48.8 Å². The molecule has 0 radical (unpaired) electrons. The maximum atomic E-state index is 13.3. The Labute approximate surface area is 517 Å². The summed E-state index contributed by atoms with van der Waals surface area (Å²) in [4.78, 5) is 13.3. The van der Waals surface area contributed by atoms with Crippen molar-refractivity contribution in [2.45, 2.75) is 351 Å². The molecule has 0 aromatic carbocycles. The molecule has 2 aliphatic heterocycles. The number of hydrogen-bond donors (Lipinski definition) is 9. The Morgan fingerprint density at radius 3 is 1.24 bits per heavy atom. The standard InChI is InChI=1S/C71H127NO13/c1-3-5-7-9-11-13-15-17-19-21-23-25-27-29-31-32-34-36-38-40-42-44-46-48-50-52-54-60(75)59(58-82-70-68(81)66(79)69(62(57-74)84-70)85-71-67(80)65(78)64(77)61(56-73)83-71)72-63(76)55-53-51-49-47-45-43-41-39-37-35-33-30-28-26-24-22-20-18-16-14-12-10-8-6-4-2/h16,18,22,24,28,30,36,38,44,46,52,54,59-62,64-71,73-75,77-81H,3-15,17,19-21,23,25-27,29,31-35,37,39-43,45,47-51,53,55-58H2,1-2H3,(H,72,76)/b18-16-,24-22-,30-28-,38-36+,46-44+,54-52+. The first-order chi connectivity index (χ1) is 41.6. The van der Waals surface area contributed by atoms with Gasteiger partial charge in [0, 0.05) is 6.42 Å². The lowest BCUT2D eigenvalue weighted by Gasteiger charge is -2.46. The van der Waals surface area contributed by atoms with E-state index in [9.17, 15) is 45.6 Å². The van der Waals surface area contributed by atoms with Crippen molar-refractivity contribution in [1.29, 1.82) is 0 Å². The van der Waals surface area contributed by atoms with E-state index < -0.39 is 86.8 Å². The summed E-state index contributed by atoms with van der Waals surface area (Å²) in [7, 11) is 0. The summed E-state index contributed by atoms with van der Waals surface area (Å²) in [6.45, 7) is 2.78. The Balaban J connectivity index is 1.73. The predicted molar refractivity (Wildman–Crippen MR) is 346 cm³/mol. The van der Waals surface area contributed by atoms with Crippen molar-refractivity contribution in [3.05, 3.63) is 72.9 Å². The van der Waals surface area contributed by atoms with Crippen LogP contribution in [-0.2, 0) is 23.7 Å². The van der Waals surface area contributed by atoms with E-state index in [-0.39, 0.29) is 18.9 Å². The smallest absolute Gasteiger partial charge is 0.220 e. The third-order valence-corrected chi connectivity index (χ3v) is 16.6. The number of ether oxygens (including phenoxy) is 4. The van der Waals surface area contributed by atoms with Gasteiger partial charge in [0.05, 0.1) is 32.0 Å². The van der Waals surface area contributed by atoms with Gasteiger partial charge in [-0.25, -0.2) is 0 Å². The van der Waals surface area contributed by atoms with Crippen LogP contribution in [0.25, 0.3) is 0 Å². The van der Waals surface area contributed by atoms with Crippen LogP contribution in [0.2, 0.25) is 0 Å². The summed E-state index contributed by atoms with van der Waals surface area (Å²) in [6.07, 6.45) is 58.1. The molecule has 0 aliphatic carbocycles. The van der Waals surface area contributed by atoms with Crippen molar-refractivity contribution in [3.63, 3.8) is 0 Å². The molecule has 1 amide bonds. The Morgan fingerprint density at radius 2 is 0.788 bits per heavy atom. The molecule has 0 bridgehead atoms. The molecule has 0 aromatic heterocycles. The van der Waals surface area contributed by atoms with Crippen LogP contribution < -0.4 is 5.32 Å². The van der Waals surface area contributed by atoms with Crippen LogP contribution in [0.3, 0.4) is 0 Å². The van der Waals surface area contributed by atoms with E-state index in [1.54, 1.807) is 6.08 Å². The number of nitrogens with one attached hydrogen (secondary N) is 1. The summed E-state index contributed by atoms with van der Waals surface area (Å²) in [5, 5.41) is 87.4. The Kier molecular flexibility index (Phi) is 51.3. The van der Waals surface area contributed by atoms with Gasteiger partial charge in [-0.05, 0) is 83.5 Å². The van der Waals surface area contributed by atoms with E-state index in [4.69, 9.17) is 18.9 Å². The number of carbonyl (C=O) groups is 1. The van der Waals surface area contributed by atoms with E-state index in [2.05, 4.69) is 79.9 Å². The highest BCUT2D eigenvalue weighted by atomic mass is 16.7. The summed E-state index contributed by atoms with van der Waals surface area (Å²) in [6, 6.07) is -0.945. The zero-order valence-corrected chi connectivity index (χ0v) is 53.6. The largest absolute Gasteiger partial charge is 0.394 e. The van der Waals surface area contributed by atoms with Crippen LogP contribution in [0.1, 0.15) is 277 Å². The lowest BCUT2D eigenvalue weighted by molar-refractivity contribution is -0.359. The highest BCUT2D eigenvalue weighted by Crippen LogP contribution is 2.30. The number of aliphatic hydroxyl groups excluding tert-OH is 8. The predicted octanol–water partition coefficient (Wildman–Crippen LogP) is 13.8. The molecule has 12 atom stereocenters. The number of unbranched alkanes of at least 4 members (excludes halogenated alkanes) is 33. The van der Waals surface area contributed by atoms with E-state index in [1.165, 1.54) is 180 Å². The Morgan fingerprint density at radius 1 is 0.424 bits per heavy atom. The average molecular weight is 1200 g/mol. The first kappa shape index (κ1) is 78.5. The maximum Gasteiger partial charge on any atom is 0.220 e. The van der Waals surface area contributed by atoms with Crippen molar-refractivity contribution >= 4 is 5.91 Å². The number of hydrogen-bond acceptors (Lipinski definition) is 13. The minimum Gasteiger partial charge on any atom is -0.394 e. The van der Waals surface area contributed by atoms with Crippen LogP contribution in [0.5, 0.6) is 0 Å². The van der Waals surface area contributed by atoms with Gasteiger partial charge in [0.25, 0.3) is 0 Å². The minimum atomic E-state index is -1.80. The quantitative estimate of drug-likeness (QED) is 0.0204. The Bertz CT molecular complexity index is 1700. The van der Waals surface area contributed by atoms with Crippen LogP contribution in [0.4, 0.5) is 0 Å². The topological polar surface area (TPSA) is 228 Å². The highest BCUT2D eigenvalue weighted by molar-refractivity contribution is 5.76. The van der Waals surface area contributed by atoms with Crippen molar-refractivity contribution in [1.82, 2.24) is 5.32 Å². The number of aliphatic hydroxyl groups is 8. The van der Waals surface area contributed by atoms with Crippen LogP contribution in [0.15, 0.2) is 72.9 Å². The molecule has 14 heteroatoms. The molecule has 2 rings (SSSR count). The van der Waals surface area contributed by atoms with Crippen molar-refractivity contribution in [2.75, 3.05) is 19.8 Å². The average Bonchev–Trinajstić information content (AvgIpc) is 3.29. The van der Waals surface area contributed by atoms with Gasteiger partial charge in [0.15, 0.2) is 12.6 Å². The minimum absolute atomic E-state index is 0.257. The first-order valence-electron chi connectivity index (χ1n) is 34.7. The normalized spacial score (nSPS) is 24.0. The fraction of sp³-hybridized carbons (Fsp3) is 0.817. The molecule has 0 spiro atoms. The molecule has 2 fully saturated rings. The lowest BCUT2D eigenvalue weighted by Crippen LogP contribution is -2.65. The van der Waals surface area contributed by atoms with E-state index in [0.29, 0.717) is 12.8 Å². The van der Waals surface area contributed by atoms with Crippen molar-refractivity contribution < 1.29 is 64.6 Å². The number of rotatable bonds is 56. The fourth-order valence-electron chi connectivity index (χ4n) is 11.0. The zero-order chi connectivity index (χ0) is 61.6. The van der Waals surface area contributed by atoms with E-state index >= 15 is 0 Å². The van der Waals surface area contributed by atoms with Gasteiger partial charge in [-0.1, -0.05) is 260 Å². The van der Waals surface area contributed by atoms with Crippen LogP contribution in [-0.4, -0.2) is 140 Å². The summed E-state index contributed by atoms with van der Waals surface area (Å²) in [5.74, 6) is -0.257. The molecule has 85 heavy (non-hydrogen) atoms. The summed E-state index contributed by atoms with van der Waals surface area (Å²) >= 11 is 0. The molecular formula is C71H127NO13. The zero-order valence-electron chi connectivity index (χ0n) is 53.6. The molecule has 494 valence electrons. The molecular weight excluding hydrogens is 1070 g/mol. The third-order valence-electron chi connectivity index (χ3n) is 16.6. The second-order valence-electron chi connectivity index (χ2n) is 24.3. The van der Waals surface area contributed by atoms with Crippen LogP contribution in [0, 0.1) is 0 Å². The van der Waals surface area contributed by atoms with Gasteiger partial charge >= 0.3 is 0 Å². The molecule has 14 nitrogen and oxygen atoms in total. The Hall–Kier alpha value is -2.57. The molecule has 12 unspecified atom stereocenters. The monoisotopic (exact) mass is 1200 g/mol. The summed E-state index contributed by atoms with van der Waals surface area (Å²) < 4.78 is 22.8. The third kappa shape index (κ3) is 39.9. The summed E-state index contributed by atoms with van der Waals surface area (Å²) in [5.41, 5.74) is 0. The van der Waals surface area contributed by atoms with Gasteiger partial charge in [-0.3, -0.25) is 4.79 Å². The number of allylic oxidation sites excluding steroid dienone is 11. The molecule has 9 N–H and O–H groups in total. The van der Waals surface area contributed by atoms with Crippen molar-refractivity contribution in [3.8, 4) is 0 Å². The van der Waals surface area contributed by atoms with E-state index in [0.717, 1.165) is 64.2 Å². The lowest BCUT2D eigenvalue weighted by atomic mass is 9.97.